The fourth-order valence-electron chi connectivity index (χ4n) is 3.30. The summed E-state index contributed by atoms with van der Waals surface area (Å²) in [4.78, 5) is 46.8. The molecule has 9 heteroatoms. The number of nitrogens with one attached hydrogen (secondary N) is 2. The lowest BCUT2D eigenvalue weighted by Crippen LogP contribution is -2.42. The molecule has 1 fully saturated rings. The molecule has 2 N–H and O–H groups in total. The monoisotopic (exact) mass is 400 g/mol. The van der Waals surface area contributed by atoms with Crippen LogP contribution in [0.5, 0.6) is 5.75 Å². The Kier molecular flexibility index (Phi) is 5.20. The average molecular weight is 400 g/mol. The molecule has 2 aliphatic rings. The maximum Gasteiger partial charge on any atom is 0.344 e. The van der Waals surface area contributed by atoms with Crippen LogP contribution in [0.1, 0.15) is 30.4 Å². The number of benzene rings is 1. The molecule has 3 amide bonds. The van der Waals surface area contributed by atoms with Gasteiger partial charge in [0.25, 0.3) is 5.91 Å². The summed E-state index contributed by atoms with van der Waals surface area (Å²) in [7, 11) is 0. The van der Waals surface area contributed by atoms with Crippen LogP contribution in [-0.4, -0.2) is 37.2 Å². The van der Waals surface area contributed by atoms with Crippen molar-refractivity contribution in [1.29, 1.82) is 0 Å². The number of esters is 1. The van der Waals surface area contributed by atoms with Crippen molar-refractivity contribution in [3.8, 4) is 5.75 Å². The lowest BCUT2D eigenvalue weighted by atomic mass is 10.1. The maximum atomic E-state index is 12.0. The Labute approximate surface area is 165 Å². The zero-order valence-corrected chi connectivity index (χ0v) is 15.6. The molecule has 152 valence electrons. The molecule has 0 atom stereocenters. The molecule has 2 aromatic rings. The first-order valence-electron chi connectivity index (χ1n) is 9.47. The van der Waals surface area contributed by atoms with Gasteiger partial charge in [0.15, 0.2) is 13.2 Å². The van der Waals surface area contributed by atoms with Gasteiger partial charge in [-0.2, -0.15) is 0 Å². The molecular weight excluding hydrogens is 380 g/mol. The molecule has 0 saturated heterocycles. The van der Waals surface area contributed by atoms with Gasteiger partial charge in [0.2, 0.25) is 0 Å². The van der Waals surface area contributed by atoms with Crippen molar-refractivity contribution in [2.45, 2.75) is 38.1 Å². The first-order chi connectivity index (χ1) is 14.0. The van der Waals surface area contributed by atoms with Gasteiger partial charge in [0, 0.05) is 23.1 Å². The number of amides is 3. The fourth-order valence-corrected chi connectivity index (χ4v) is 3.30. The minimum atomic E-state index is -0.766. The van der Waals surface area contributed by atoms with Gasteiger partial charge in [0.1, 0.15) is 11.3 Å². The number of hydrogen-bond donors (Lipinski definition) is 2. The zero-order valence-electron chi connectivity index (χ0n) is 15.6. The summed E-state index contributed by atoms with van der Waals surface area (Å²) in [6.07, 6.45) is 4.29. The second-order valence-corrected chi connectivity index (χ2v) is 7.10. The molecule has 4 rings (SSSR count). The first-order valence-corrected chi connectivity index (χ1v) is 9.47. The van der Waals surface area contributed by atoms with Crippen LogP contribution in [0, 0.1) is 0 Å². The van der Waals surface area contributed by atoms with Crippen molar-refractivity contribution < 1.29 is 28.3 Å². The molecule has 1 saturated carbocycles. The lowest BCUT2D eigenvalue weighted by molar-refractivity contribution is -0.150. The number of imide groups is 1. The molecule has 1 heterocycles. The number of urea groups is 1. The molecule has 0 spiro atoms. The Bertz CT molecular complexity index is 1040. The number of carbonyl (C=O) groups is 3. The summed E-state index contributed by atoms with van der Waals surface area (Å²) < 4.78 is 15.5. The number of hydrogen-bond acceptors (Lipinski definition) is 7. The van der Waals surface area contributed by atoms with E-state index in [1.807, 2.05) is 0 Å². The van der Waals surface area contributed by atoms with Crippen LogP contribution in [0.3, 0.4) is 0 Å². The van der Waals surface area contributed by atoms with Gasteiger partial charge in [-0.15, -0.1) is 0 Å². The zero-order chi connectivity index (χ0) is 20.4. The third-order valence-corrected chi connectivity index (χ3v) is 4.83. The van der Waals surface area contributed by atoms with Gasteiger partial charge < -0.3 is 19.2 Å². The van der Waals surface area contributed by atoms with Crippen LogP contribution in [0.4, 0.5) is 4.79 Å². The summed E-state index contributed by atoms with van der Waals surface area (Å²) in [5.74, 6) is -1.15. The third kappa shape index (κ3) is 4.56. The number of fused-ring (bicyclic) bond motifs is 3. The molecule has 1 aromatic heterocycles. The molecule has 29 heavy (non-hydrogen) atoms. The van der Waals surface area contributed by atoms with E-state index in [4.69, 9.17) is 13.9 Å². The second-order valence-electron chi connectivity index (χ2n) is 7.10. The highest BCUT2D eigenvalue weighted by Crippen LogP contribution is 2.29. The van der Waals surface area contributed by atoms with E-state index in [0.717, 1.165) is 48.6 Å². The van der Waals surface area contributed by atoms with Gasteiger partial charge in [-0.05, 0) is 49.8 Å². The largest absolute Gasteiger partial charge is 0.482 e. The van der Waals surface area contributed by atoms with Crippen LogP contribution in [0.25, 0.3) is 11.0 Å². The topological polar surface area (TPSA) is 124 Å². The van der Waals surface area contributed by atoms with Gasteiger partial charge in [0.05, 0.1) is 0 Å². The minimum absolute atomic E-state index is 0.117. The predicted molar refractivity (Wildman–Crippen MR) is 101 cm³/mol. The number of carbonyl (C=O) groups excluding carboxylic acids is 3. The summed E-state index contributed by atoms with van der Waals surface area (Å²) in [5.41, 5.74) is 1.82. The second kappa shape index (κ2) is 7.94. The molecule has 0 aliphatic heterocycles. The lowest BCUT2D eigenvalue weighted by Gasteiger charge is -2.09. The Hall–Kier alpha value is -3.36. The predicted octanol–water partition coefficient (Wildman–Crippen LogP) is 1.19. The van der Waals surface area contributed by atoms with Crippen molar-refractivity contribution in [2.75, 3.05) is 13.2 Å². The molecule has 0 radical (unpaired) electrons. The van der Waals surface area contributed by atoms with E-state index < -0.39 is 31.1 Å². The quantitative estimate of drug-likeness (QED) is 0.551. The molecule has 2 aliphatic carbocycles. The first kappa shape index (κ1) is 19.0. The Balaban J connectivity index is 1.28. The van der Waals surface area contributed by atoms with E-state index in [9.17, 15) is 19.2 Å². The van der Waals surface area contributed by atoms with Gasteiger partial charge in [-0.3, -0.25) is 10.1 Å². The minimum Gasteiger partial charge on any atom is -0.482 e. The summed E-state index contributed by atoms with van der Waals surface area (Å²) in [5, 5.41) is 5.53. The summed E-state index contributed by atoms with van der Waals surface area (Å²) in [6.45, 7) is -1.01. The summed E-state index contributed by atoms with van der Waals surface area (Å²) in [6, 6.07) is 4.55. The maximum absolute atomic E-state index is 12.0. The molecular formula is C20H20N2O7. The van der Waals surface area contributed by atoms with Crippen LogP contribution >= 0.6 is 0 Å². The molecule has 0 unspecified atom stereocenters. The highest BCUT2D eigenvalue weighted by molar-refractivity contribution is 5.95. The van der Waals surface area contributed by atoms with Crippen molar-refractivity contribution in [3.63, 3.8) is 0 Å². The van der Waals surface area contributed by atoms with Crippen molar-refractivity contribution in [3.05, 3.63) is 39.7 Å². The van der Waals surface area contributed by atoms with Gasteiger partial charge in [-0.1, -0.05) is 0 Å². The van der Waals surface area contributed by atoms with E-state index in [1.54, 1.807) is 18.2 Å². The molecule has 0 bridgehead atoms. The number of ether oxygens (including phenoxy) is 2. The molecule has 9 nitrogen and oxygen atoms in total. The van der Waals surface area contributed by atoms with Gasteiger partial charge >= 0.3 is 17.6 Å². The van der Waals surface area contributed by atoms with E-state index in [0.29, 0.717) is 11.3 Å². The average Bonchev–Trinajstić information content (AvgIpc) is 3.35. The van der Waals surface area contributed by atoms with E-state index in [1.165, 1.54) is 0 Å². The fraction of sp³-hybridized carbons (Fsp3) is 0.400. The van der Waals surface area contributed by atoms with Crippen LogP contribution < -0.4 is 21.0 Å². The van der Waals surface area contributed by atoms with Crippen LogP contribution in [0.2, 0.25) is 0 Å². The van der Waals surface area contributed by atoms with Crippen molar-refractivity contribution in [2.24, 2.45) is 0 Å². The van der Waals surface area contributed by atoms with Crippen molar-refractivity contribution in [1.82, 2.24) is 10.6 Å². The Morgan fingerprint density at radius 2 is 1.90 bits per heavy atom. The highest BCUT2D eigenvalue weighted by Gasteiger charge is 2.24. The molecule has 1 aromatic carbocycles. The van der Waals surface area contributed by atoms with E-state index in [-0.39, 0.29) is 11.7 Å². The van der Waals surface area contributed by atoms with Crippen LogP contribution in [-0.2, 0) is 27.2 Å². The number of aryl methyl sites for hydroxylation is 1. The SMILES string of the molecule is O=C(COC(=O)COc1ccc2c3c(c(=O)oc2c1)CCC3)NC(=O)NC1CC1. The van der Waals surface area contributed by atoms with E-state index in [2.05, 4.69) is 10.6 Å². The van der Waals surface area contributed by atoms with Crippen molar-refractivity contribution >= 4 is 28.9 Å². The summed E-state index contributed by atoms with van der Waals surface area (Å²) >= 11 is 0. The number of rotatable bonds is 6. The highest BCUT2D eigenvalue weighted by atomic mass is 16.6. The van der Waals surface area contributed by atoms with Crippen LogP contribution in [0.15, 0.2) is 27.4 Å². The normalized spacial score (nSPS) is 14.9. The van der Waals surface area contributed by atoms with Gasteiger partial charge in [-0.25, -0.2) is 14.4 Å². The van der Waals surface area contributed by atoms with E-state index >= 15 is 0 Å². The standard InChI is InChI=1S/C20H20N2O7/c23-17(22-20(26)21-11-4-5-11)9-28-18(24)10-27-12-6-7-14-13-2-1-3-15(13)19(25)29-16(14)8-12/h6-8,11H,1-5,9-10H2,(H2,21,22,23,26). The Morgan fingerprint density at radius 1 is 1.10 bits per heavy atom. The third-order valence-electron chi connectivity index (χ3n) is 4.83. The smallest absolute Gasteiger partial charge is 0.344 e. The Morgan fingerprint density at radius 3 is 2.69 bits per heavy atom.